The van der Waals surface area contributed by atoms with Crippen LogP contribution in [0.3, 0.4) is 0 Å². The van der Waals surface area contributed by atoms with Crippen molar-refractivity contribution in [3.8, 4) is 17.1 Å². The number of halogens is 1. The van der Waals surface area contributed by atoms with Crippen molar-refractivity contribution in [3.63, 3.8) is 0 Å². The second-order valence-electron chi connectivity index (χ2n) is 7.44. The number of aromatic nitrogens is 3. The number of carbonyl (C=O) groups excluding carboxylic acids is 1. The summed E-state index contributed by atoms with van der Waals surface area (Å²) in [5, 5.41) is 5.23. The Balaban J connectivity index is 1.42. The zero-order valence-corrected chi connectivity index (χ0v) is 17.1. The number of nitrogens with zero attached hydrogens (tertiary/aromatic N) is 4. The van der Waals surface area contributed by atoms with Crippen molar-refractivity contribution < 1.29 is 9.21 Å². The molecule has 1 aromatic carbocycles. The number of piperidine rings is 1. The van der Waals surface area contributed by atoms with Crippen LogP contribution >= 0.6 is 11.6 Å². The van der Waals surface area contributed by atoms with Crippen LogP contribution in [0.5, 0.6) is 0 Å². The molecule has 1 saturated heterocycles. The summed E-state index contributed by atoms with van der Waals surface area (Å²) in [5.74, 6) is 0.586. The van der Waals surface area contributed by atoms with E-state index in [0.29, 0.717) is 41.3 Å². The molecule has 1 amide bonds. The van der Waals surface area contributed by atoms with E-state index in [2.05, 4.69) is 22.1 Å². The first-order valence-electron chi connectivity index (χ1n) is 10.0. The molecule has 0 bridgehead atoms. The van der Waals surface area contributed by atoms with E-state index in [1.165, 1.54) is 0 Å². The van der Waals surface area contributed by atoms with Gasteiger partial charge in [0.05, 0.1) is 12.0 Å². The third-order valence-electron chi connectivity index (χ3n) is 5.56. The Bertz CT molecular complexity index is 1140. The molecule has 30 heavy (non-hydrogen) atoms. The predicted molar refractivity (Wildman–Crippen MR) is 115 cm³/mol. The smallest absolute Gasteiger partial charge is 0.274 e. The molecular weight excluding hydrogens is 400 g/mol. The maximum atomic E-state index is 13.2. The Morgan fingerprint density at radius 2 is 1.83 bits per heavy atom. The first-order valence-corrected chi connectivity index (χ1v) is 10.4. The van der Waals surface area contributed by atoms with Gasteiger partial charge in [-0.25, -0.2) is 4.68 Å². The molecule has 4 aromatic rings. The number of carbonyl (C=O) groups is 1. The average molecular weight is 421 g/mol. The van der Waals surface area contributed by atoms with Crippen LogP contribution < -0.4 is 0 Å². The second kappa shape index (κ2) is 7.88. The monoisotopic (exact) mass is 420 g/mol. The molecule has 5 rings (SSSR count). The highest BCUT2D eigenvalue weighted by molar-refractivity contribution is 6.30. The van der Waals surface area contributed by atoms with Crippen molar-refractivity contribution in [2.24, 2.45) is 0 Å². The summed E-state index contributed by atoms with van der Waals surface area (Å²) in [6.45, 7) is 1.42. The quantitative estimate of drug-likeness (QED) is 0.463. The minimum Gasteiger partial charge on any atom is -0.463 e. The largest absolute Gasteiger partial charge is 0.463 e. The van der Waals surface area contributed by atoms with Gasteiger partial charge in [0.2, 0.25) is 0 Å². The SMILES string of the molecule is O=C(c1cc(-c2ccco2)n(-c2cccc(Cl)c2)n1)N1CCC(n2cccc2)CC1. The topological polar surface area (TPSA) is 56.2 Å². The van der Waals surface area contributed by atoms with Crippen molar-refractivity contribution in [3.05, 3.63) is 84.0 Å². The lowest BCUT2D eigenvalue weighted by Gasteiger charge is -2.32. The van der Waals surface area contributed by atoms with E-state index in [0.717, 1.165) is 18.5 Å². The van der Waals surface area contributed by atoms with Gasteiger partial charge in [0.1, 0.15) is 5.69 Å². The van der Waals surface area contributed by atoms with Gasteiger partial charge >= 0.3 is 0 Å². The highest BCUT2D eigenvalue weighted by atomic mass is 35.5. The van der Waals surface area contributed by atoms with Gasteiger partial charge in [-0.15, -0.1) is 0 Å². The fourth-order valence-corrected chi connectivity index (χ4v) is 4.20. The van der Waals surface area contributed by atoms with E-state index in [1.54, 1.807) is 17.0 Å². The molecule has 1 aliphatic rings. The Hall–Kier alpha value is -3.25. The molecule has 152 valence electrons. The number of hydrogen-bond donors (Lipinski definition) is 0. The number of likely N-dealkylation sites (tertiary alicyclic amines) is 1. The van der Waals surface area contributed by atoms with Crippen LogP contribution in [0.15, 0.2) is 77.7 Å². The molecule has 0 saturated carbocycles. The lowest BCUT2D eigenvalue weighted by Crippen LogP contribution is -2.39. The maximum absolute atomic E-state index is 13.2. The van der Waals surface area contributed by atoms with Gasteiger partial charge < -0.3 is 13.9 Å². The van der Waals surface area contributed by atoms with Gasteiger partial charge in [-0.2, -0.15) is 5.10 Å². The molecule has 0 aliphatic carbocycles. The van der Waals surface area contributed by atoms with Crippen molar-refractivity contribution in [1.29, 1.82) is 0 Å². The molecule has 1 aliphatic heterocycles. The summed E-state index contributed by atoms with van der Waals surface area (Å²) in [4.78, 5) is 15.1. The van der Waals surface area contributed by atoms with Gasteiger partial charge in [0.25, 0.3) is 5.91 Å². The Morgan fingerprint density at radius 1 is 1.03 bits per heavy atom. The van der Waals surface area contributed by atoms with E-state index >= 15 is 0 Å². The molecular formula is C23H21ClN4O2. The molecule has 0 unspecified atom stereocenters. The molecule has 0 radical (unpaired) electrons. The summed E-state index contributed by atoms with van der Waals surface area (Å²) in [7, 11) is 0. The Kier molecular flexibility index (Phi) is 4.93. The molecule has 4 heterocycles. The summed E-state index contributed by atoms with van der Waals surface area (Å²) in [6, 6.07) is 17.4. The molecule has 0 N–H and O–H groups in total. The zero-order chi connectivity index (χ0) is 20.5. The van der Waals surface area contributed by atoms with Gasteiger partial charge in [-0.3, -0.25) is 4.79 Å². The van der Waals surface area contributed by atoms with Gasteiger partial charge in [0.15, 0.2) is 11.5 Å². The number of rotatable bonds is 4. The number of hydrogen-bond acceptors (Lipinski definition) is 3. The van der Waals surface area contributed by atoms with Crippen molar-refractivity contribution in [2.45, 2.75) is 18.9 Å². The minimum atomic E-state index is -0.0606. The molecule has 3 aromatic heterocycles. The van der Waals surface area contributed by atoms with Crippen LogP contribution in [0, 0.1) is 0 Å². The number of benzene rings is 1. The van der Waals surface area contributed by atoms with E-state index in [9.17, 15) is 4.79 Å². The molecule has 6 nitrogen and oxygen atoms in total. The van der Waals surface area contributed by atoms with Crippen LogP contribution in [0.2, 0.25) is 5.02 Å². The van der Waals surface area contributed by atoms with E-state index in [4.69, 9.17) is 16.0 Å². The van der Waals surface area contributed by atoms with Crippen LogP contribution in [0.25, 0.3) is 17.1 Å². The van der Waals surface area contributed by atoms with Crippen molar-refractivity contribution in [1.82, 2.24) is 19.2 Å². The highest BCUT2D eigenvalue weighted by Gasteiger charge is 2.27. The summed E-state index contributed by atoms with van der Waals surface area (Å²) < 4.78 is 9.52. The average Bonchev–Trinajstić information content (AvgIpc) is 3.55. The second-order valence-corrected chi connectivity index (χ2v) is 7.87. The first-order chi connectivity index (χ1) is 14.7. The molecule has 1 fully saturated rings. The fourth-order valence-electron chi connectivity index (χ4n) is 4.01. The normalized spacial score (nSPS) is 14.9. The maximum Gasteiger partial charge on any atom is 0.274 e. The summed E-state index contributed by atoms with van der Waals surface area (Å²) in [6.07, 6.45) is 7.65. The zero-order valence-electron chi connectivity index (χ0n) is 16.3. The minimum absolute atomic E-state index is 0.0606. The van der Waals surface area contributed by atoms with E-state index < -0.39 is 0 Å². The standard InChI is InChI=1S/C23H21ClN4O2/c24-17-5-3-6-19(15-17)28-21(22-7-4-14-30-22)16-20(25-28)23(29)27-12-8-18(9-13-27)26-10-1-2-11-26/h1-7,10-11,14-16,18H,8-9,12-13H2. The third-order valence-corrected chi connectivity index (χ3v) is 5.79. The number of furan rings is 1. The molecule has 0 spiro atoms. The van der Waals surface area contributed by atoms with Crippen molar-refractivity contribution >= 4 is 17.5 Å². The van der Waals surface area contributed by atoms with Crippen LogP contribution in [0.1, 0.15) is 29.4 Å². The van der Waals surface area contributed by atoms with Crippen LogP contribution in [-0.2, 0) is 0 Å². The Labute approximate surface area is 179 Å². The van der Waals surface area contributed by atoms with Crippen LogP contribution in [-0.4, -0.2) is 38.2 Å². The lowest BCUT2D eigenvalue weighted by atomic mass is 10.0. The van der Waals surface area contributed by atoms with Gasteiger partial charge in [-0.1, -0.05) is 17.7 Å². The van der Waals surface area contributed by atoms with E-state index in [1.807, 2.05) is 53.4 Å². The summed E-state index contributed by atoms with van der Waals surface area (Å²) in [5.41, 5.74) is 1.90. The van der Waals surface area contributed by atoms with E-state index in [-0.39, 0.29) is 5.91 Å². The first kappa shape index (κ1) is 18.8. The number of amides is 1. The third kappa shape index (κ3) is 3.55. The van der Waals surface area contributed by atoms with Gasteiger partial charge in [-0.05, 0) is 55.3 Å². The fraction of sp³-hybridized carbons (Fsp3) is 0.217. The van der Waals surface area contributed by atoms with Gasteiger partial charge in [0, 0.05) is 42.6 Å². The summed E-state index contributed by atoms with van der Waals surface area (Å²) >= 11 is 6.18. The van der Waals surface area contributed by atoms with Crippen LogP contribution in [0.4, 0.5) is 0 Å². The van der Waals surface area contributed by atoms with Crippen molar-refractivity contribution in [2.75, 3.05) is 13.1 Å². The predicted octanol–water partition coefficient (Wildman–Crippen LogP) is 5.06. The lowest BCUT2D eigenvalue weighted by molar-refractivity contribution is 0.0688. The molecule has 0 atom stereocenters. The molecule has 7 heteroatoms. The highest BCUT2D eigenvalue weighted by Crippen LogP contribution is 2.28. The Morgan fingerprint density at radius 3 is 2.53 bits per heavy atom.